The highest BCUT2D eigenvalue weighted by Gasteiger charge is 2.61. The van der Waals surface area contributed by atoms with Crippen molar-refractivity contribution in [2.45, 2.75) is 106 Å². The number of ketones is 2. The molecule has 4 unspecified atom stereocenters. The number of aliphatic carboxylic acids is 1. The Morgan fingerprint density at radius 3 is 2.24 bits per heavy atom. The Labute approximate surface area is 245 Å². The highest BCUT2D eigenvalue weighted by atomic mass is 16.5. The highest BCUT2D eigenvalue weighted by Crippen LogP contribution is 2.55. The topological polar surface area (TPSA) is 101 Å². The molecule has 1 heterocycles. The SMILES string of the molecule is CC(C)=CCC1(CC(CCC(C)C)=C(C)C)C(O)=C(C(CC(=O)O)c2ccccc2)C(=O)C2C(=O)[C@@H](C)[C@@H](C)OC21. The van der Waals surface area contributed by atoms with Crippen molar-refractivity contribution in [3.63, 3.8) is 0 Å². The number of aliphatic hydroxyl groups is 1. The first-order valence-corrected chi connectivity index (χ1v) is 14.9. The lowest BCUT2D eigenvalue weighted by Crippen LogP contribution is -2.60. The first-order valence-electron chi connectivity index (χ1n) is 14.9. The Kier molecular flexibility index (Phi) is 10.6. The van der Waals surface area contributed by atoms with Crippen LogP contribution in [-0.4, -0.2) is 40.0 Å². The van der Waals surface area contributed by atoms with Gasteiger partial charge in [0.25, 0.3) is 0 Å². The molecule has 6 atom stereocenters. The van der Waals surface area contributed by atoms with Crippen LogP contribution in [0.5, 0.6) is 0 Å². The fraction of sp³-hybridized carbons (Fsp3) is 0.571. The van der Waals surface area contributed by atoms with Gasteiger partial charge in [-0.05, 0) is 71.8 Å². The number of allylic oxidation sites excluding steroid dienone is 5. The van der Waals surface area contributed by atoms with Gasteiger partial charge in [-0.15, -0.1) is 0 Å². The average Bonchev–Trinajstić information content (AvgIpc) is 2.90. The van der Waals surface area contributed by atoms with E-state index in [1.807, 2.05) is 32.9 Å². The summed E-state index contributed by atoms with van der Waals surface area (Å²) >= 11 is 0. The second-order valence-corrected chi connectivity index (χ2v) is 13.0. The molecule has 0 radical (unpaired) electrons. The van der Waals surface area contributed by atoms with Crippen molar-refractivity contribution in [3.8, 4) is 0 Å². The van der Waals surface area contributed by atoms with E-state index in [0.29, 0.717) is 24.3 Å². The number of carboxylic acids is 1. The van der Waals surface area contributed by atoms with Crippen LogP contribution in [0.4, 0.5) is 0 Å². The minimum absolute atomic E-state index is 0.0395. The highest BCUT2D eigenvalue weighted by molar-refractivity contribution is 6.14. The number of Topliss-reactive ketones (excluding diaryl/α,β-unsaturated/α-hetero) is 2. The standard InChI is InChI=1S/C35H48O6/c1-20(2)14-15-26(22(5)6)19-35(17-16-21(3)4)33(40)29(27(18-28(36)37)25-12-10-9-11-13-25)32(39)30-31(38)23(7)24(8)41-34(30)35/h9-13,16,20,23-24,27,30,34,40H,14-15,17-19H2,1-8H3,(H,36,37)/t23-,24+,27?,30?,34?,35?/m0/s1. The summed E-state index contributed by atoms with van der Waals surface area (Å²) in [5, 5.41) is 22.3. The molecular weight excluding hydrogens is 516 g/mol. The number of hydrogen-bond acceptors (Lipinski definition) is 5. The van der Waals surface area contributed by atoms with Crippen molar-refractivity contribution < 1.29 is 29.3 Å². The Morgan fingerprint density at radius 2 is 1.71 bits per heavy atom. The third kappa shape index (κ3) is 6.91. The van der Waals surface area contributed by atoms with Crippen LogP contribution in [0.3, 0.4) is 0 Å². The summed E-state index contributed by atoms with van der Waals surface area (Å²) in [5.41, 5.74) is 2.90. The molecule has 6 heteroatoms. The van der Waals surface area contributed by atoms with Crippen molar-refractivity contribution in [1.29, 1.82) is 0 Å². The molecule has 1 aliphatic carbocycles. The lowest BCUT2D eigenvalue weighted by Gasteiger charge is -2.52. The summed E-state index contributed by atoms with van der Waals surface area (Å²) in [4.78, 5) is 40.4. The largest absolute Gasteiger partial charge is 0.511 e. The van der Waals surface area contributed by atoms with Gasteiger partial charge in [0.15, 0.2) is 11.6 Å². The minimum atomic E-state index is -1.11. The monoisotopic (exact) mass is 564 g/mol. The fourth-order valence-corrected chi connectivity index (χ4v) is 6.29. The van der Waals surface area contributed by atoms with E-state index < -0.39 is 47.1 Å². The molecule has 1 fully saturated rings. The van der Waals surface area contributed by atoms with Crippen molar-refractivity contribution in [3.05, 3.63) is 70.0 Å². The zero-order chi connectivity index (χ0) is 30.6. The number of carbonyl (C=O) groups excluding carboxylic acids is 2. The predicted octanol–water partition coefficient (Wildman–Crippen LogP) is 7.75. The molecule has 0 saturated carbocycles. The first-order chi connectivity index (χ1) is 19.2. The van der Waals surface area contributed by atoms with Crippen molar-refractivity contribution in [2.75, 3.05) is 0 Å². The number of hydrogen-bond donors (Lipinski definition) is 2. The molecule has 2 N–H and O–H groups in total. The van der Waals surface area contributed by atoms with Gasteiger partial charge in [-0.3, -0.25) is 14.4 Å². The molecule has 0 spiro atoms. The maximum Gasteiger partial charge on any atom is 0.304 e. The van der Waals surface area contributed by atoms with E-state index in [1.54, 1.807) is 31.2 Å². The molecule has 0 amide bonds. The quantitative estimate of drug-likeness (QED) is 0.210. The summed E-state index contributed by atoms with van der Waals surface area (Å²) < 4.78 is 6.58. The molecule has 1 aromatic rings. The number of aliphatic hydroxyl groups excluding tert-OH is 1. The van der Waals surface area contributed by atoms with Crippen LogP contribution in [0.15, 0.2) is 64.5 Å². The first kappa shape index (κ1) is 32.5. The number of fused-ring (bicyclic) bond motifs is 1. The lowest BCUT2D eigenvalue weighted by molar-refractivity contribution is -0.179. The van der Waals surface area contributed by atoms with Gasteiger partial charge in [0.05, 0.1) is 24.0 Å². The van der Waals surface area contributed by atoms with Gasteiger partial charge < -0.3 is 14.9 Å². The van der Waals surface area contributed by atoms with Crippen LogP contribution in [-0.2, 0) is 19.1 Å². The molecule has 1 aromatic carbocycles. The van der Waals surface area contributed by atoms with Crippen LogP contribution in [0.2, 0.25) is 0 Å². The van der Waals surface area contributed by atoms with E-state index in [0.717, 1.165) is 29.6 Å². The third-order valence-electron chi connectivity index (χ3n) is 9.01. The second-order valence-electron chi connectivity index (χ2n) is 13.0. The minimum Gasteiger partial charge on any atom is -0.511 e. The molecule has 6 nitrogen and oxygen atoms in total. The van der Waals surface area contributed by atoms with Crippen molar-refractivity contribution in [1.82, 2.24) is 0 Å². The number of ether oxygens (including phenoxy) is 1. The van der Waals surface area contributed by atoms with Crippen LogP contribution in [0.1, 0.15) is 99.0 Å². The molecule has 41 heavy (non-hydrogen) atoms. The van der Waals surface area contributed by atoms with Crippen LogP contribution in [0, 0.1) is 23.2 Å². The number of carbonyl (C=O) groups is 3. The molecule has 224 valence electrons. The zero-order valence-electron chi connectivity index (χ0n) is 26.0. The summed E-state index contributed by atoms with van der Waals surface area (Å²) in [6.07, 6.45) is 2.93. The lowest BCUT2D eigenvalue weighted by atomic mass is 9.57. The van der Waals surface area contributed by atoms with Gasteiger partial charge in [-0.25, -0.2) is 0 Å². The van der Waals surface area contributed by atoms with Crippen LogP contribution < -0.4 is 0 Å². The normalized spacial score (nSPS) is 27.0. The molecule has 1 saturated heterocycles. The number of benzene rings is 1. The fourth-order valence-electron chi connectivity index (χ4n) is 6.29. The van der Waals surface area contributed by atoms with Gasteiger partial charge >= 0.3 is 5.97 Å². The number of carboxylic acid groups (broad SMARTS) is 1. The van der Waals surface area contributed by atoms with E-state index in [9.17, 15) is 24.6 Å². The van der Waals surface area contributed by atoms with Gasteiger partial charge in [0.2, 0.25) is 0 Å². The van der Waals surface area contributed by atoms with Crippen molar-refractivity contribution in [2.24, 2.45) is 23.2 Å². The molecule has 3 rings (SSSR count). The Hall–Kier alpha value is -2.99. The van der Waals surface area contributed by atoms with Crippen molar-refractivity contribution >= 4 is 17.5 Å². The number of rotatable bonds is 11. The van der Waals surface area contributed by atoms with Gasteiger partial charge in [0.1, 0.15) is 11.7 Å². The van der Waals surface area contributed by atoms with E-state index in [4.69, 9.17) is 4.74 Å². The molecule has 2 aliphatic rings. The predicted molar refractivity (Wildman–Crippen MR) is 162 cm³/mol. The van der Waals surface area contributed by atoms with E-state index in [1.165, 1.54) is 0 Å². The molecule has 1 aliphatic heterocycles. The molecular formula is C35H48O6. The molecule has 0 aromatic heterocycles. The summed E-state index contributed by atoms with van der Waals surface area (Å²) in [6, 6.07) is 8.96. The van der Waals surface area contributed by atoms with Gasteiger partial charge in [-0.1, -0.05) is 73.9 Å². The van der Waals surface area contributed by atoms with Crippen LogP contribution in [0.25, 0.3) is 0 Å². The molecule has 0 bridgehead atoms. The van der Waals surface area contributed by atoms with Crippen LogP contribution >= 0.6 is 0 Å². The Balaban J connectivity index is 2.40. The summed E-state index contributed by atoms with van der Waals surface area (Å²) in [7, 11) is 0. The van der Waals surface area contributed by atoms with E-state index >= 15 is 0 Å². The van der Waals surface area contributed by atoms with Gasteiger partial charge in [0, 0.05) is 17.4 Å². The summed E-state index contributed by atoms with van der Waals surface area (Å²) in [5.74, 6) is -3.96. The Bertz CT molecular complexity index is 1230. The van der Waals surface area contributed by atoms with Gasteiger partial charge in [-0.2, -0.15) is 0 Å². The van der Waals surface area contributed by atoms with E-state index in [-0.39, 0.29) is 23.5 Å². The average molecular weight is 565 g/mol. The second kappa shape index (κ2) is 13.3. The maximum atomic E-state index is 14.4. The smallest absolute Gasteiger partial charge is 0.304 e. The Morgan fingerprint density at radius 1 is 1.07 bits per heavy atom. The third-order valence-corrected chi connectivity index (χ3v) is 9.01. The van der Waals surface area contributed by atoms with E-state index in [2.05, 4.69) is 27.7 Å². The maximum absolute atomic E-state index is 14.4. The zero-order valence-corrected chi connectivity index (χ0v) is 26.0. The summed E-state index contributed by atoms with van der Waals surface area (Å²) in [6.45, 7) is 16.1.